The first-order chi connectivity index (χ1) is 13.8. The molecule has 1 unspecified atom stereocenters. The second-order valence-corrected chi connectivity index (χ2v) is 7.45. The van der Waals surface area contributed by atoms with Crippen LogP contribution in [0.2, 0.25) is 5.02 Å². The third-order valence-electron chi connectivity index (χ3n) is 5.04. The molecule has 1 aliphatic rings. The molecule has 0 spiro atoms. The molecule has 5 nitrogen and oxygen atoms in total. The molecule has 4 rings (SSSR count). The predicted molar refractivity (Wildman–Crippen MR) is 105 cm³/mol. The third-order valence-corrected chi connectivity index (χ3v) is 5.37. The smallest absolute Gasteiger partial charge is 0.342 e. The van der Waals surface area contributed by atoms with Crippen LogP contribution in [0.25, 0.3) is 11.0 Å². The number of aromatic nitrogens is 2. The van der Waals surface area contributed by atoms with Gasteiger partial charge in [-0.25, -0.2) is 9.78 Å². The highest BCUT2D eigenvalue weighted by Gasteiger charge is 2.32. The van der Waals surface area contributed by atoms with Crippen molar-refractivity contribution in [2.45, 2.75) is 24.9 Å². The van der Waals surface area contributed by atoms with Gasteiger partial charge in [0.05, 0.1) is 27.3 Å². The Balaban J connectivity index is 1.49. The SMILES string of the molecule is O=C(Nc1cc(C(F)(F)F)ccc1Cl)N1CCCC(c2nc3ccccc3[nH]2)C1. The van der Waals surface area contributed by atoms with Crippen molar-refractivity contribution >= 4 is 34.4 Å². The molecule has 1 aliphatic heterocycles. The lowest BCUT2D eigenvalue weighted by Gasteiger charge is -2.32. The van der Waals surface area contributed by atoms with Crippen LogP contribution in [0, 0.1) is 0 Å². The minimum atomic E-state index is -4.51. The number of hydrogen-bond acceptors (Lipinski definition) is 2. The molecule has 29 heavy (non-hydrogen) atoms. The number of anilines is 1. The molecule has 1 fully saturated rings. The summed E-state index contributed by atoms with van der Waals surface area (Å²) >= 11 is 5.98. The van der Waals surface area contributed by atoms with E-state index in [0.717, 1.165) is 47.9 Å². The van der Waals surface area contributed by atoms with Crippen molar-refractivity contribution < 1.29 is 18.0 Å². The maximum atomic E-state index is 12.9. The molecule has 0 aliphatic carbocycles. The molecule has 0 bridgehead atoms. The number of amides is 2. The Morgan fingerprint density at radius 1 is 1.24 bits per heavy atom. The molecule has 2 N–H and O–H groups in total. The second-order valence-electron chi connectivity index (χ2n) is 7.05. The van der Waals surface area contributed by atoms with E-state index in [1.165, 1.54) is 0 Å². The van der Waals surface area contributed by atoms with Gasteiger partial charge >= 0.3 is 12.2 Å². The highest BCUT2D eigenvalue weighted by atomic mass is 35.5. The fourth-order valence-electron chi connectivity index (χ4n) is 3.54. The summed E-state index contributed by atoms with van der Waals surface area (Å²) in [5.41, 5.74) is 0.869. The van der Waals surface area contributed by atoms with E-state index in [9.17, 15) is 18.0 Å². The van der Waals surface area contributed by atoms with Crippen molar-refractivity contribution in [3.8, 4) is 0 Å². The molecule has 3 aromatic rings. The van der Waals surface area contributed by atoms with E-state index in [1.807, 2.05) is 24.3 Å². The summed E-state index contributed by atoms with van der Waals surface area (Å²) in [6.45, 7) is 0.932. The van der Waals surface area contributed by atoms with Gasteiger partial charge in [0.15, 0.2) is 0 Å². The molecule has 1 atom stereocenters. The predicted octanol–water partition coefficient (Wildman–Crippen LogP) is 5.65. The molecular weight excluding hydrogens is 405 g/mol. The van der Waals surface area contributed by atoms with Gasteiger partial charge in [0, 0.05) is 19.0 Å². The molecule has 2 aromatic carbocycles. The zero-order valence-electron chi connectivity index (χ0n) is 15.3. The lowest BCUT2D eigenvalue weighted by Crippen LogP contribution is -2.41. The Morgan fingerprint density at radius 3 is 2.79 bits per heavy atom. The number of nitrogens with one attached hydrogen (secondary N) is 2. The lowest BCUT2D eigenvalue weighted by molar-refractivity contribution is -0.137. The van der Waals surface area contributed by atoms with Crippen molar-refractivity contribution in [3.05, 3.63) is 58.9 Å². The number of rotatable bonds is 2. The quantitative estimate of drug-likeness (QED) is 0.561. The van der Waals surface area contributed by atoms with Crippen molar-refractivity contribution in [2.75, 3.05) is 18.4 Å². The van der Waals surface area contributed by atoms with Crippen LogP contribution in [0.3, 0.4) is 0 Å². The average molecular weight is 423 g/mol. The first-order valence-corrected chi connectivity index (χ1v) is 9.56. The first kappa shape index (κ1) is 19.6. The topological polar surface area (TPSA) is 61.0 Å². The number of piperidine rings is 1. The van der Waals surface area contributed by atoms with Gasteiger partial charge in [0.2, 0.25) is 0 Å². The summed E-state index contributed by atoms with van der Waals surface area (Å²) in [7, 11) is 0. The number of para-hydroxylation sites is 2. The maximum absolute atomic E-state index is 12.9. The normalized spacial score (nSPS) is 17.5. The summed E-state index contributed by atoms with van der Waals surface area (Å²) in [5.74, 6) is 0.833. The standard InChI is InChI=1S/C20H18ClF3N4O/c21-14-8-7-13(20(22,23)24)10-17(14)27-19(29)28-9-3-4-12(11-28)18-25-15-5-1-2-6-16(15)26-18/h1-2,5-8,10,12H,3-4,9,11H2,(H,25,26)(H,27,29). The molecule has 2 heterocycles. The van der Waals surface area contributed by atoms with Crippen LogP contribution in [0.1, 0.15) is 30.1 Å². The number of alkyl halides is 3. The summed E-state index contributed by atoms with van der Waals surface area (Å²) in [6.07, 6.45) is -2.87. The number of nitrogens with zero attached hydrogens (tertiary/aromatic N) is 2. The Bertz CT molecular complexity index is 1020. The highest BCUT2D eigenvalue weighted by Crippen LogP contribution is 2.34. The van der Waals surface area contributed by atoms with E-state index in [0.29, 0.717) is 13.1 Å². The minimum Gasteiger partial charge on any atom is -0.342 e. The molecule has 0 radical (unpaired) electrons. The lowest BCUT2D eigenvalue weighted by atomic mass is 9.97. The Labute approximate surface area is 169 Å². The molecule has 152 valence electrons. The molecular formula is C20H18ClF3N4O. The maximum Gasteiger partial charge on any atom is 0.416 e. The number of halogens is 4. The van der Waals surface area contributed by atoms with E-state index in [1.54, 1.807) is 4.90 Å². The zero-order chi connectivity index (χ0) is 20.6. The first-order valence-electron chi connectivity index (χ1n) is 9.18. The van der Waals surface area contributed by atoms with Crippen LogP contribution in [-0.4, -0.2) is 34.0 Å². The zero-order valence-corrected chi connectivity index (χ0v) is 16.0. The van der Waals surface area contributed by atoms with E-state index >= 15 is 0 Å². The van der Waals surface area contributed by atoms with E-state index in [-0.39, 0.29) is 16.6 Å². The van der Waals surface area contributed by atoms with Crippen molar-refractivity contribution in [1.82, 2.24) is 14.9 Å². The number of carbonyl (C=O) groups excluding carboxylic acids is 1. The van der Waals surface area contributed by atoms with Gasteiger partial charge in [-0.15, -0.1) is 0 Å². The van der Waals surface area contributed by atoms with Gasteiger partial charge < -0.3 is 15.2 Å². The Kier molecular flexibility index (Phi) is 5.12. The fraction of sp³-hybridized carbons (Fsp3) is 0.300. The van der Waals surface area contributed by atoms with Gasteiger partial charge in [-0.1, -0.05) is 23.7 Å². The van der Waals surface area contributed by atoms with E-state index in [2.05, 4.69) is 15.3 Å². The number of fused-ring (bicyclic) bond motifs is 1. The number of aromatic amines is 1. The molecule has 2 amide bonds. The van der Waals surface area contributed by atoms with Gasteiger partial charge in [0.25, 0.3) is 0 Å². The van der Waals surface area contributed by atoms with Crippen LogP contribution in [0.15, 0.2) is 42.5 Å². The summed E-state index contributed by atoms with van der Waals surface area (Å²) in [6, 6.07) is 10.1. The van der Waals surface area contributed by atoms with Crippen LogP contribution < -0.4 is 5.32 Å². The van der Waals surface area contributed by atoms with Gasteiger partial charge in [-0.2, -0.15) is 13.2 Å². The number of hydrogen-bond donors (Lipinski definition) is 2. The largest absolute Gasteiger partial charge is 0.416 e. The van der Waals surface area contributed by atoms with Crippen molar-refractivity contribution in [2.24, 2.45) is 0 Å². The van der Waals surface area contributed by atoms with Gasteiger partial charge in [-0.05, 0) is 43.2 Å². The van der Waals surface area contributed by atoms with Crippen LogP contribution >= 0.6 is 11.6 Å². The molecule has 0 saturated carbocycles. The number of carbonyl (C=O) groups is 1. The molecule has 1 aromatic heterocycles. The summed E-state index contributed by atoms with van der Waals surface area (Å²) < 4.78 is 38.8. The number of benzene rings is 2. The third kappa shape index (κ3) is 4.17. The van der Waals surface area contributed by atoms with Gasteiger partial charge in [0.1, 0.15) is 5.82 Å². The van der Waals surface area contributed by atoms with Gasteiger partial charge in [-0.3, -0.25) is 0 Å². The number of urea groups is 1. The summed E-state index contributed by atoms with van der Waals surface area (Å²) in [5, 5.41) is 2.57. The number of imidazole rings is 1. The van der Waals surface area contributed by atoms with Crippen molar-refractivity contribution in [1.29, 1.82) is 0 Å². The second kappa shape index (κ2) is 7.59. The fourth-order valence-corrected chi connectivity index (χ4v) is 3.71. The van der Waals surface area contributed by atoms with E-state index < -0.39 is 17.8 Å². The van der Waals surface area contributed by atoms with Crippen LogP contribution in [-0.2, 0) is 6.18 Å². The molecule has 9 heteroatoms. The van der Waals surface area contributed by atoms with Crippen LogP contribution in [0.4, 0.5) is 23.7 Å². The number of H-pyrrole nitrogens is 1. The number of likely N-dealkylation sites (tertiary alicyclic amines) is 1. The Hall–Kier alpha value is -2.74. The molecule has 1 saturated heterocycles. The monoisotopic (exact) mass is 422 g/mol. The average Bonchev–Trinajstić information content (AvgIpc) is 3.13. The minimum absolute atomic E-state index is 0.0267. The Morgan fingerprint density at radius 2 is 2.03 bits per heavy atom. The van der Waals surface area contributed by atoms with Crippen molar-refractivity contribution in [3.63, 3.8) is 0 Å². The highest BCUT2D eigenvalue weighted by molar-refractivity contribution is 6.33. The van der Waals surface area contributed by atoms with Crippen LogP contribution in [0.5, 0.6) is 0 Å². The van der Waals surface area contributed by atoms with E-state index in [4.69, 9.17) is 11.6 Å². The summed E-state index contributed by atoms with van der Waals surface area (Å²) in [4.78, 5) is 22.2.